The first-order chi connectivity index (χ1) is 13.9. The first-order valence-electron chi connectivity index (χ1n) is 8.70. The molecule has 2 aromatic carbocycles. The Balaban J connectivity index is 1.75. The van der Waals surface area contributed by atoms with Crippen LogP contribution in [0.1, 0.15) is 15.9 Å². The molecule has 0 radical (unpaired) electrons. The Labute approximate surface area is 163 Å². The Morgan fingerprint density at radius 1 is 1.00 bits per heavy atom. The number of pyridine rings is 2. The molecule has 0 saturated heterocycles. The molecule has 0 aliphatic heterocycles. The summed E-state index contributed by atoms with van der Waals surface area (Å²) in [5.74, 6) is -2.73. The van der Waals surface area contributed by atoms with Gasteiger partial charge in [-0.15, -0.1) is 0 Å². The van der Waals surface area contributed by atoms with E-state index >= 15 is 0 Å². The van der Waals surface area contributed by atoms with E-state index in [9.17, 15) is 23.5 Å². The zero-order chi connectivity index (χ0) is 20.5. The lowest BCUT2D eigenvalue weighted by atomic mass is 10.1. The molecule has 0 aliphatic rings. The van der Waals surface area contributed by atoms with Gasteiger partial charge >= 0.3 is 5.97 Å². The van der Waals surface area contributed by atoms with Crippen molar-refractivity contribution >= 4 is 16.9 Å². The van der Waals surface area contributed by atoms with Crippen molar-refractivity contribution < 1.29 is 18.7 Å². The van der Waals surface area contributed by atoms with E-state index in [1.54, 1.807) is 12.1 Å². The number of benzene rings is 2. The summed E-state index contributed by atoms with van der Waals surface area (Å²) >= 11 is 0. The van der Waals surface area contributed by atoms with Crippen LogP contribution in [0, 0.1) is 11.8 Å². The van der Waals surface area contributed by atoms with Gasteiger partial charge in [0.05, 0.1) is 10.9 Å². The molecule has 29 heavy (non-hydrogen) atoms. The monoisotopic (exact) mass is 392 g/mol. The summed E-state index contributed by atoms with van der Waals surface area (Å²) in [7, 11) is 0. The molecule has 1 N–H and O–H groups in total. The highest BCUT2D eigenvalue weighted by atomic mass is 19.1. The number of aromatic carboxylic acids is 1. The SMILES string of the molecule is O=C(O)c1cn(Cc2ccc(-c3ccc(F)nc3)cc2)c2cccc(F)c2c1=O. The fourth-order valence-corrected chi connectivity index (χ4v) is 3.22. The Morgan fingerprint density at radius 3 is 2.38 bits per heavy atom. The molecule has 5 nitrogen and oxygen atoms in total. The zero-order valence-electron chi connectivity index (χ0n) is 15.0. The summed E-state index contributed by atoms with van der Waals surface area (Å²) in [6.45, 7) is 0.239. The smallest absolute Gasteiger partial charge is 0.341 e. The van der Waals surface area contributed by atoms with Crippen LogP contribution in [-0.4, -0.2) is 20.6 Å². The number of carboxylic acid groups (broad SMARTS) is 1. The molecule has 7 heteroatoms. The van der Waals surface area contributed by atoms with E-state index in [4.69, 9.17) is 0 Å². The number of fused-ring (bicyclic) bond motifs is 1. The van der Waals surface area contributed by atoms with Crippen LogP contribution >= 0.6 is 0 Å². The molecule has 0 aliphatic carbocycles. The highest BCUT2D eigenvalue weighted by molar-refractivity contribution is 5.92. The minimum absolute atomic E-state index is 0.239. The van der Waals surface area contributed by atoms with Gasteiger partial charge in [-0.2, -0.15) is 4.39 Å². The zero-order valence-corrected chi connectivity index (χ0v) is 15.0. The van der Waals surface area contributed by atoms with Crippen LogP contribution in [-0.2, 0) is 6.54 Å². The van der Waals surface area contributed by atoms with Crippen LogP contribution in [0.3, 0.4) is 0 Å². The average Bonchev–Trinajstić information content (AvgIpc) is 2.71. The maximum atomic E-state index is 14.2. The second kappa shape index (κ2) is 7.27. The fourth-order valence-electron chi connectivity index (χ4n) is 3.22. The quantitative estimate of drug-likeness (QED) is 0.531. The molecule has 4 rings (SSSR count). The van der Waals surface area contributed by atoms with Crippen molar-refractivity contribution in [1.29, 1.82) is 0 Å². The van der Waals surface area contributed by atoms with E-state index < -0.39 is 28.7 Å². The van der Waals surface area contributed by atoms with Crippen LogP contribution in [0.15, 0.2) is 71.8 Å². The lowest BCUT2D eigenvalue weighted by molar-refractivity contribution is 0.0695. The van der Waals surface area contributed by atoms with Crippen molar-refractivity contribution in [1.82, 2.24) is 9.55 Å². The summed E-state index contributed by atoms with van der Waals surface area (Å²) in [6.07, 6.45) is 2.66. The average molecular weight is 392 g/mol. The van der Waals surface area contributed by atoms with Crippen molar-refractivity contribution in [3.8, 4) is 11.1 Å². The summed E-state index contributed by atoms with van der Waals surface area (Å²) in [4.78, 5) is 27.4. The normalized spacial score (nSPS) is 11.0. The number of nitrogens with zero attached hydrogens (tertiary/aromatic N) is 2. The molecular weight excluding hydrogens is 378 g/mol. The number of rotatable bonds is 4. The molecule has 144 valence electrons. The van der Waals surface area contributed by atoms with E-state index in [1.165, 1.54) is 29.1 Å². The van der Waals surface area contributed by atoms with Gasteiger partial charge in [-0.1, -0.05) is 30.3 Å². The van der Waals surface area contributed by atoms with E-state index in [2.05, 4.69) is 4.98 Å². The maximum absolute atomic E-state index is 14.2. The number of aromatic nitrogens is 2. The lowest BCUT2D eigenvalue weighted by Gasteiger charge is -2.13. The lowest BCUT2D eigenvalue weighted by Crippen LogP contribution is -2.20. The van der Waals surface area contributed by atoms with Crippen LogP contribution < -0.4 is 5.43 Å². The van der Waals surface area contributed by atoms with E-state index in [0.29, 0.717) is 5.52 Å². The van der Waals surface area contributed by atoms with Gasteiger partial charge in [0, 0.05) is 24.5 Å². The van der Waals surface area contributed by atoms with Crippen molar-refractivity contribution in [2.75, 3.05) is 0 Å². The van der Waals surface area contributed by atoms with Crippen LogP contribution in [0.2, 0.25) is 0 Å². The first-order valence-corrected chi connectivity index (χ1v) is 8.70. The second-order valence-corrected chi connectivity index (χ2v) is 6.51. The third kappa shape index (κ3) is 3.50. The Kier molecular flexibility index (Phi) is 4.64. The molecule has 0 bridgehead atoms. The Hall–Kier alpha value is -3.87. The van der Waals surface area contributed by atoms with Crippen molar-refractivity contribution in [2.24, 2.45) is 0 Å². The molecule has 4 aromatic rings. The number of hydrogen-bond donors (Lipinski definition) is 1. The maximum Gasteiger partial charge on any atom is 0.341 e. The van der Waals surface area contributed by atoms with E-state index in [0.717, 1.165) is 22.8 Å². The molecule has 0 spiro atoms. The minimum atomic E-state index is -1.41. The van der Waals surface area contributed by atoms with E-state index in [-0.39, 0.29) is 11.9 Å². The van der Waals surface area contributed by atoms with Gasteiger partial charge in [-0.05, 0) is 35.4 Å². The summed E-state index contributed by atoms with van der Waals surface area (Å²) in [5.41, 5.74) is 1.38. The van der Waals surface area contributed by atoms with Gasteiger partial charge in [-0.3, -0.25) is 4.79 Å². The topological polar surface area (TPSA) is 72.2 Å². The predicted octanol–water partition coefficient (Wildman–Crippen LogP) is 4.09. The summed E-state index contributed by atoms with van der Waals surface area (Å²) < 4.78 is 28.8. The second-order valence-electron chi connectivity index (χ2n) is 6.51. The molecule has 0 atom stereocenters. The Morgan fingerprint density at radius 2 is 1.72 bits per heavy atom. The molecule has 0 fully saturated rings. The molecule has 0 unspecified atom stereocenters. The van der Waals surface area contributed by atoms with Gasteiger partial charge in [0.25, 0.3) is 0 Å². The van der Waals surface area contributed by atoms with Gasteiger partial charge in [0.1, 0.15) is 11.4 Å². The van der Waals surface area contributed by atoms with Crippen LogP contribution in [0.4, 0.5) is 8.78 Å². The molecule has 2 aromatic heterocycles. The number of carbonyl (C=O) groups is 1. The largest absolute Gasteiger partial charge is 0.477 e. The van der Waals surface area contributed by atoms with Gasteiger partial charge in [0.2, 0.25) is 11.4 Å². The number of halogens is 2. The number of hydrogen-bond acceptors (Lipinski definition) is 3. The van der Waals surface area contributed by atoms with Crippen LogP contribution in [0.25, 0.3) is 22.0 Å². The van der Waals surface area contributed by atoms with Gasteiger partial charge in [-0.25, -0.2) is 14.2 Å². The van der Waals surface area contributed by atoms with Crippen LogP contribution in [0.5, 0.6) is 0 Å². The van der Waals surface area contributed by atoms with E-state index in [1.807, 2.05) is 24.3 Å². The third-order valence-electron chi connectivity index (χ3n) is 4.66. The minimum Gasteiger partial charge on any atom is -0.477 e. The molecular formula is C22H14F2N2O3. The van der Waals surface area contributed by atoms with Crippen molar-refractivity contribution in [3.63, 3.8) is 0 Å². The Bertz CT molecular complexity index is 1280. The van der Waals surface area contributed by atoms with Gasteiger partial charge in [0.15, 0.2) is 0 Å². The molecule has 2 heterocycles. The molecule has 0 amide bonds. The third-order valence-corrected chi connectivity index (χ3v) is 4.66. The summed E-state index contributed by atoms with van der Waals surface area (Å²) in [6, 6.07) is 14.4. The van der Waals surface area contributed by atoms with Gasteiger partial charge < -0.3 is 9.67 Å². The van der Waals surface area contributed by atoms with Crippen molar-refractivity contribution in [2.45, 2.75) is 6.54 Å². The standard InChI is InChI=1S/C22H14F2N2O3/c23-17-2-1-3-18-20(17)21(27)16(22(28)29)12-26(18)11-13-4-6-14(7-5-13)15-8-9-19(24)25-10-15/h1-10,12H,11H2,(H,28,29). The van der Waals surface area contributed by atoms with Crippen molar-refractivity contribution in [3.05, 3.63) is 100 Å². The molecule has 0 saturated carbocycles. The first kappa shape index (κ1) is 18.5. The summed E-state index contributed by atoms with van der Waals surface area (Å²) in [5, 5.41) is 9.07. The fraction of sp³-hybridized carbons (Fsp3) is 0.0455. The highest BCUT2D eigenvalue weighted by Crippen LogP contribution is 2.21. The predicted molar refractivity (Wildman–Crippen MR) is 104 cm³/mol. The number of carboxylic acids is 1. The highest BCUT2D eigenvalue weighted by Gasteiger charge is 2.17.